The van der Waals surface area contributed by atoms with E-state index in [4.69, 9.17) is 9.72 Å². The average Bonchev–Trinajstić information content (AvgIpc) is 3.80. The van der Waals surface area contributed by atoms with Gasteiger partial charge in [-0.25, -0.2) is 17.9 Å². The largest absolute Gasteiger partial charge is 0.381 e. The third-order valence-electron chi connectivity index (χ3n) is 8.33. The monoisotopic (exact) mass is 606 g/mol. The van der Waals surface area contributed by atoms with Crippen molar-refractivity contribution in [1.29, 1.82) is 0 Å². The Kier molecular flexibility index (Phi) is 8.34. The van der Waals surface area contributed by atoms with E-state index < -0.39 is 22.1 Å². The molecule has 43 heavy (non-hydrogen) atoms. The van der Waals surface area contributed by atoms with Crippen LogP contribution in [0.3, 0.4) is 0 Å². The maximum absolute atomic E-state index is 13.8. The van der Waals surface area contributed by atoms with Crippen molar-refractivity contribution in [3.8, 4) is 0 Å². The van der Waals surface area contributed by atoms with E-state index >= 15 is 0 Å². The summed E-state index contributed by atoms with van der Waals surface area (Å²) in [6.45, 7) is 5.39. The summed E-state index contributed by atoms with van der Waals surface area (Å²) in [4.78, 5) is 35.4. The highest BCUT2D eigenvalue weighted by atomic mass is 32.2. The van der Waals surface area contributed by atoms with Gasteiger partial charge in [-0.05, 0) is 73.4 Å². The molecule has 1 saturated heterocycles. The predicted octanol–water partition coefficient (Wildman–Crippen LogP) is 3.84. The first kappa shape index (κ1) is 29.5. The van der Waals surface area contributed by atoms with E-state index in [1.807, 2.05) is 19.9 Å². The lowest BCUT2D eigenvalue weighted by atomic mass is 9.98. The predicted molar refractivity (Wildman–Crippen MR) is 161 cm³/mol. The lowest BCUT2D eigenvalue weighted by Crippen LogP contribution is -2.45. The molecular weight excluding hydrogens is 568 g/mol. The zero-order valence-corrected chi connectivity index (χ0v) is 25.2. The lowest BCUT2D eigenvalue weighted by molar-refractivity contribution is 0.0799. The Hall–Kier alpha value is -3.61. The minimum atomic E-state index is -3.90. The minimum Gasteiger partial charge on any atom is -0.381 e. The summed E-state index contributed by atoms with van der Waals surface area (Å²) in [6.07, 6.45) is 8.68. The molecule has 1 aromatic carbocycles. The second-order valence-electron chi connectivity index (χ2n) is 12.1. The summed E-state index contributed by atoms with van der Waals surface area (Å²) in [6, 6.07) is 5.58. The van der Waals surface area contributed by atoms with Gasteiger partial charge >= 0.3 is 6.03 Å². The fourth-order valence-corrected chi connectivity index (χ4v) is 7.36. The van der Waals surface area contributed by atoms with Gasteiger partial charge in [-0.2, -0.15) is 0 Å². The summed E-state index contributed by atoms with van der Waals surface area (Å²) in [5.41, 5.74) is 2.67. The molecule has 2 fully saturated rings. The van der Waals surface area contributed by atoms with Gasteiger partial charge in [0.2, 0.25) is 10.0 Å². The third-order valence-corrected chi connectivity index (χ3v) is 9.79. The van der Waals surface area contributed by atoms with Gasteiger partial charge in [-0.3, -0.25) is 14.8 Å². The summed E-state index contributed by atoms with van der Waals surface area (Å²) in [5.74, 6) is 0.108. The number of nitrogens with zero attached hydrogens (tertiary/aromatic N) is 2. The summed E-state index contributed by atoms with van der Waals surface area (Å²) >= 11 is 0. The summed E-state index contributed by atoms with van der Waals surface area (Å²) in [5, 5.41) is 10.5. The van der Waals surface area contributed by atoms with Gasteiger partial charge in [0.15, 0.2) is 0 Å². The zero-order chi connectivity index (χ0) is 30.1. The summed E-state index contributed by atoms with van der Waals surface area (Å²) < 4.78 is 35.7. The first-order chi connectivity index (χ1) is 20.7. The molecule has 3 aliphatic rings. The molecule has 3 heterocycles. The molecular formula is C31H38N6O5S. The fraction of sp³-hybridized carbons (Fsp3) is 0.484. The van der Waals surface area contributed by atoms with Crippen molar-refractivity contribution >= 4 is 32.7 Å². The molecule has 0 radical (unpaired) electrons. The number of ether oxygens (including phenoxy) is 1. The number of benzene rings is 1. The molecule has 3 aromatic rings. The second-order valence-corrected chi connectivity index (χ2v) is 13.8. The van der Waals surface area contributed by atoms with Crippen LogP contribution in [-0.4, -0.2) is 56.1 Å². The van der Waals surface area contributed by atoms with Crippen LogP contribution in [0.2, 0.25) is 0 Å². The normalized spacial score (nSPS) is 20.6. The number of pyridine rings is 2. The Bertz CT molecular complexity index is 1620. The molecule has 2 atom stereocenters. The van der Waals surface area contributed by atoms with Crippen LogP contribution in [0.5, 0.6) is 0 Å². The quantitative estimate of drug-likeness (QED) is 0.289. The highest BCUT2D eigenvalue weighted by Gasteiger charge is 2.38. The Balaban J connectivity index is 1.42. The molecule has 12 heteroatoms. The maximum Gasteiger partial charge on any atom is 0.315 e. The number of fused-ring (bicyclic) bond motifs is 3. The first-order valence-electron chi connectivity index (χ1n) is 15.0. The number of rotatable bonds is 9. The number of aromatic nitrogens is 2. The number of carbonyl (C=O) groups is 2. The van der Waals surface area contributed by atoms with Crippen molar-refractivity contribution in [3.05, 3.63) is 65.2 Å². The Morgan fingerprint density at radius 3 is 2.49 bits per heavy atom. The topological polar surface area (TPSA) is 151 Å². The highest BCUT2D eigenvalue weighted by Crippen LogP contribution is 2.46. The Labute approximate surface area is 251 Å². The number of amides is 3. The van der Waals surface area contributed by atoms with Gasteiger partial charge in [-0.1, -0.05) is 13.8 Å². The average molecular weight is 607 g/mol. The van der Waals surface area contributed by atoms with Gasteiger partial charge in [0.1, 0.15) is 0 Å². The number of hydrogen-bond donors (Lipinski definition) is 4. The van der Waals surface area contributed by atoms with Crippen LogP contribution in [0.15, 0.2) is 47.8 Å². The number of hydrogen-bond acceptors (Lipinski definition) is 7. The maximum atomic E-state index is 13.8. The van der Waals surface area contributed by atoms with E-state index in [-0.39, 0.29) is 28.8 Å². The van der Waals surface area contributed by atoms with Crippen LogP contribution < -0.4 is 20.7 Å². The van der Waals surface area contributed by atoms with Crippen LogP contribution >= 0.6 is 0 Å². The molecule has 3 amide bonds. The smallest absolute Gasteiger partial charge is 0.315 e. The van der Waals surface area contributed by atoms with Gasteiger partial charge in [0, 0.05) is 66.8 Å². The second kappa shape index (κ2) is 12.2. The number of urea groups is 1. The van der Waals surface area contributed by atoms with Crippen LogP contribution in [0, 0.1) is 5.92 Å². The lowest BCUT2D eigenvalue weighted by Gasteiger charge is -2.25. The number of sulfonamides is 1. The van der Waals surface area contributed by atoms with Gasteiger partial charge in [-0.15, -0.1) is 0 Å². The van der Waals surface area contributed by atoms with Crippen LogP contribution in [0.25, 0.3) is 10.8 Å². The fourth-order valence-electron chi connectivity index (χ4n) is 5.91. The van der Waals surface area contributed by atoms with Gasteiger partial charge in [0.05, 0.1) is 22.5 Å². The van der Waals surface area contributed by atoms with E-state index in [0.717, 1.165) is 36.9 Å². The molecule has 6 rings (SSSR count). The minimum absolute atomic E-state index is 0.00904. The van der Waals surface area contributed by atoms with Crippen molar-refractivity contribution < 1.29 is 22.7 Å². The van der Waals surface area contributed by atoms with Crippen molar-refractivity contribution in [3.63, 3.8) is 0 Å². The van der Waals surface area contributed by atoms with Gasteiger partial charge in [0.25, 0.3) is 5.91 Å². The molecule has 11 nitrogen and oxygen atoms in total. The standard InChI is InChI=1S/C31H38N6O5S/c1-18(2)15-34-43(40,41)28-13-23-26(36-30(38)20-4-3-9-32-16-20)14-27(37-31(39)35-21-7-10-42-11-8-21)29(23)24-17-33-25(12-22(24)28)19-5-6-19/h3-4,9,12-13,16-19,21,26-27,34H,5-8,10-11,14-15H2,1-2H3,(H,36,38)(H2,35,37,39)/t26-,27-/m1/s1. The molecule has 2 aliphatic carbocycles. The SMILES string of the molecule is CC(C)CNS(=O)(=O)c1cc2c(c3cnc(C4CC4)cc13)[C@H](NC(=O)NC1CCOCC1)C[C@H]2NC(=O)c1cccnc1. The molecule has 4 N–H and O–H groups in total. The molecule has 1 aliphatic heterocycles. The Morgan fingerprint density at radius 2 is 1.79 bits per heavy atom. The molecule has 2 aromatic heterocycles. The molecule has 228 valence electrons. The molecule has 0 spiro atoms. The number of nitrogens with one attached hydrogen (secondary N) is 4. The zero-order valence-electron chi connectivity index (χ0n) is 24.4. The number of carbonyl (C=O) groups excluding carboxylic acids is 2. The van der Waals surface area contributed by atoms with E-state index in [0.29, 0.717) is 54.0 Å². The van der Waals surface area contributed by atoms with Crippen molar-refractivity contribution in [1.82, 2.24) is 30.6 Å². The highest BCUT2D eigenvalue weighted by molar-refractivity contribution is 7.89. The molecule has 0 bridgehead atoms. The van der Waals surface area contributed by atoms with E-state index in [1.54, 1.807) is 30.6 Å². The van der Waals surface area contributed by atoms with E-state index in [9.17, 15) is 18.0 Å². The Morgan fingerprint density at radius 1 is 1.00 bits per heavy atom. The molecule has 0 unspecified atom stereocenters. The van der Waals surface area contributed by atoms with Gasteiger partial charge < -0.3 is 20.7 Å². The van der Waals surface area contributed by atoms with Crippen LogP contribution in [-0.2, 0) is 14.8 Å². The first-order valence-corrected chi connectivity index (χ1v) is 16.5. The summed E-state index contributed by atoms with van der Waals surface area (Å²) in [7, 11) is -3.90. The van der Waals surface area contributed by atoms with Crippen LogP contribution in [0.4, 0.5) is 4.79 Å². The van der Waals surface area contributed by atoms with E-state index in [2.05, 4.69) is 25.7 Å². The van der Waals surface area contributed by atoms with E-state index in [1.165, 1.54) is 6.20 Å². The molecule has 1 saturated carbocycles. The van der Waals surface area contributed by atoms with Crippen molar-refractivity contribution in [2.75, 3.05) is 19.8 Å². The van der Waals surface area contributed by atoms with Crippen molar-refractivity contribution in [2.45, 2.75) is 74.9 Å². The third kappa shape index (κ3) is 6.51. The van der Waals surface area contributed by atoms with Crippen LogP contribution in [0.1, 0.15) is 91.1 Å². The van der Waals surface area contributed by atoms with Crippen molar-refractivity contribution in [2.24, 2.45) is 5.92 Å².